The van der Waals surface area contributed by atoms with Crippen molar-refractivity contribution in [2.24, 2.45) is 0 Å². The van der Waals surface area contributed by atoms with Crippen molar-refractivity contribution in [3.8, 4) is 11.4 Å². The summed E-state index contributed by atoms with van der Waals surface area (Å²) in [6, 6.07) is 9.37. The number of aryl methyl sites for hydroxylation is 1. The lowest BCUT2D eigenvalue weighted by Gasteiger charge is -2.09. The molecule has 0 unspecified atom stereocenters. The van der Waals surface area contributed by atoms with Crippen molar-refractivity contribution in [3.63, 3.8) is 0 Å². The van der Waals surface area contributed by atoms with Gasteiger partial charge in [-0.25, -0.2) is 4.68 Å². The van der Waals surface area contributed by atoms with Crippen LogP contribution in [0.4, 0.5) is 0 Å². The quantitative estimate of drug-likeness (QED) is 0.792. The van der Waals surface area contributed by atoms with Gasteiger partial charge in [-0.1, -0.05) is 0 Å². The number of aromatic nitrogens is 2. The van der Waals surface area contributed by atoms with Crippen LogP contribution in [0, 0.1) is 6.92 Å². The number of hydrogen-bond acceptors (Lipinski definition) is 4. The van der Waals surface area contributed by atoms with Gasteiger partial charge in [-0.2, -0.15) is 5.10 Å². The number of nitrogens with zero attached hydrogens (tertiary/aromatic N) is 3. The van der Waals surface area contributed by atoms with E-state index >= 15 is 0 Å². The number of nitrogens with one attached hydrogen (secondary N) is 1. The van der Waals surface area contributed by atoms with Gasteiger partial charge in [0, 0.05) is 12.2 Å². The Morgan fingerprint density at radius 3 is 2.61 bits per heavy atom. The number of methoxy groups -OCH3 is 1. The van der Waals surface area contributed by atoms with E-state index in [0.717, 1.165) is 30.1 Å². The van der Waals surface area contributed by atoms with Crippen LogP contribution in [0.1, 0.15) is 22.6 Å². The van der Waals surface area contributed by atoms with E-state index in [-0.39, 0.29) is 5.91 Å². The molecule has 0 aliphatic rings. The summed E-state index contributed by atoms with van der Waals surface area (Å²) in [7, 11) is 5.66. The maximum Gasteiger partial charge on any atom is 0.271 e. The van der Waals surface area contributed by atoms with Gasteiger partial charge in [0.1, 0.15) is 5.75 Å². The second kappa shape index (κ2) is 7.78. The fraction of sp³-hybridized carbons (Fsp3) is 0.412. The highest BCUT2D eigenvalue weighted by Gasteiger charge is 2.13. The van der Waals surface area contributed by atoms with E-state index < -0.39 is 0 Å². The molecule has 124 valence electrons. The molecule has 0 aliphatic carbocycles. The minimum absolute atomic E-state index is 0.140. The molecule has 0 radical (unpaired) electrons. The van der Waals surface area contributed by atoms with Crippen LogP contribution in [-0.4, -0.2) is 54.9 Å². The van der Waals surface area contributed by atoms with Gasteiger partial charge in [0.15, 0.2) is 5.69 Å². The van der Waals surface area contributed by atoms with Crippen LogP contribution < -0.4 is 10.1 Å². The van der Waals surface area contributed by atoms with Crippen LogP contribution in [0.25, 0.3) is 5.69 Å². The molecule has 1 heterocycles. The third-order valence-electron chi connectivity index (χ3n) is 3.50. The zero-order valence-electron chi connectivity index (χ0n) is 14.2. The van der Waals surface area contributed by atoms with E-state index in [1.54, 1.807) is 17.9 Å². The average molecular weight is 316 g/mol. The predicted molar refractivity (Wildman–Crippen MR) is 90.4 cm³/mol. The number of ether oxygens (including phenoxy) is 1. The molecular weight excluding hydrogens is 292 g/mol. The predicted octanol–water partition coefficient (Wildman–Crippen LogP) is 1.87. The molecule has 0 atom stereocenters. The first kappa shape index (κ1) is 17.0. The number of hydrogen-bond donors (Lipinski definition) is 1. The Balaban J connectivity index is 2.03. The van der Waals surface area contributed by atoms with Crippen molar-refractivity contribution >= 4 is 5.91 Å². The van der Waals surface area contributed by atoms with Crippen molar-refractivity contribution in [2.45, 2.75) is 13.3 Å². The normalized spacial score (nSPS) is 10.8. The first-order chi connectivity index (χ1) is 11.0. The molecule has 6 nitrogen and oxygen atoms in total. The molecule has 2 rings (SSSR count). The average Bonchev–Trinajstić information content (AvgIpc) is 2.93. The minimum Gasteiger partial charge on any atom is -0.497 e. The Labute approximate surface area is 137 Å². The molecule has 1 aromatic heterocycles. The van der Waals surface area contributed by atoms with Gasteiger partial charge in [0.05, 0.1) is 12.8 Å². The SMILES string of the molecule is COc1ccc(-n2nc(C(=O)NCCCN(C)C)cc2C)cc1. The van der Waals surface area contributed by atoms with E-state index in [1.165, 1.54) is 0 Å². The number of carbonyl (C=O) groups is 1. The number of benzene rings is 1. The Hall–Kier alpha value is -2.34. The third-order valence-corrected chi connectivity index (χ3v) is 3.50. The summed E-state index contributed by atoms with van der Waals surface area (Å²) in [6.07, 6.45) is 0.914. The summed E-state index contributed by atoms with van der Waals surface area (Å²) >= 11 is 0. The summed E-state index contributed by atoms with van der Waals surface area (Å²) < 4.78 is 6.91. The largest absolute Gasteiger partial charge is 0.497 e. The van der Waals surface area contributed by atoms with E-state index in [2.05, 4.69) is 15.3 Å². The topological polar surface area (TPSA) is 59.4 Å². The molecule has 0 aliphatic heterocycles. The monoisotopic (exact) mass is 316 g/mol. The van der Waals surface area contributed by atoms with E-state index in [0.29, 0.717) is 12.2 Å². The first-order valence-corrected chi connectivity index (χ1v) is 7.65. The molecule has 2 aromatic rings. The molecule has 1 N–H and O–H groups in total. The van der Waals surface area contributed by atoms with Crippen molar-refractivity contribution in [1.82, 2.24) is 20.0 Å². The van der Waals surface area contributed by atoms with E-state index in [1.807, 2.05) is 45.3 Å². The lowest BCUT2D eigenvalue weighted by molar-refractivity contribution is 0.0947. The van der Waals surface area contributed by atoms with Gasteiger partial charge in [0.25, 0.3) is 5.91 Å². The highest BCUT2D eigenvalue weighted by molar-refractivity contribution is 5.92. The molecule has 6 heteroatoms. The Kier molecular flexibility index (Phi) is 5.76. The lowest BCUT2D eigenvalue weighted by atomic mass is 10.3. The minimum atomic E-state index is -0.140. The maximum absolute atomic E-state index is 12.2. The van der Waals surface area contributed by atoms with Crippen LogP contribution in [0.2, 0.25) is 0 Å². The highest BCUT2D eigenvalue weighted by atomic mass is 16.5. The number of amides is 1. The van der Waals surface area contributed by atoms with Gasteiger partial charge in [-0.05, 0) is 64.3 Å². The zero-order chi connectivity index (χ0) is 16.8. The number of carbonyl (C=O) groups excluding carboxylic acids is 1. The van der Waals surface area contributed by atoms with Crippen molar-refractivity contribution < 1.29 is 9.53 Å². The Morgan fingerprint density at radius 2 is 2.00 bits per heavy atom. The van der Waals surface area contributed by atoms with E-state index in [4.69, 9.17) is 4.74 Å². The third kappa shape index (κ3) is 4.56. The molecular formula is C17H24N4O2. The molecule has 0 fully saturated rings. The smallest absolute Gasteiger partial charge is 0.271 e. The van der Waals surface area contributed by atoms with Crippen LogP contribution in [0.3, 0.4) is 0 Å². The summed E-state index contributed by atoms with van der Waals surface area (Å²) in [5, 5.41) is 7.31. The standard InChI is InChI=1S/C17H24N4O2/c1-13-12-16(17(22)18-10-5-11-20(2)3)19-21(13)14-6-8-15(23-4)9-7-14/h6-9,12H,5,10-11H2,1-4H3,(H,18,22). The molecule has 0 saturated heterocycles. The summed E-state index contributed by atoms with van der Waals surface area (Å²) in [6.45, 7) is 3.52. The summed E-state index contributed by atoms with van der Waals surface area (Å²) in [5.41, 5.74) is 2.24. The molecule has 23 heavy (non-hydrogen) atoms. The molecule has 0 saturated carbocycles. The van der Waals surface area contributed by atoms with Crippen molar-refractivity contribution in [2.75, 3.05) is 34.3 Å². The number of rotatable bonds is 7. The maximum atomic E-state index is 12.2. The zero-order valence-corrected chi connectivity index (χ0v) is 14.2. The second-order valence-electron chi connectivity index (χ2n) is 5.69. The van der Waals surface area contributed by atoms with Gasteiger partial charge in [0.2, 0.25) is 0 Å². The van der Waals surface area contributed by atoms with Crippen molar-refractivity contribution in [1.29, 1.82) is 0 Å². The molecule has 0 spiro atoms. The lowest BCUT2D eigenvalue weighted by Crippen LogP contribution is -2.27. The second-order valence-corrected chi connectivity index (χ2v) is 5.69. The fourth-order valence-electron chi connectivity index (χ4n) is 2.26. The Morgan fingerprint density at radius 1 is 1.30 bits per heavy atom. The molecule has 1 amide bonds. The van der Waals surface area contributed by atoms with Crippen molar-refractivity contribution in [3.05, 3.63) is 41.7 Å². The summed E-state index contributed by atoms with van der Waals surface area (Å²) in [5.74, 6) is 0.650. The highest BCUT2D eigenvalue weighted by Crippen LogP contribution is 2.16. The van der Waals surface area contributed by atoms with Crippen LogP contribution in [0.15, 0.2) is 30.3 Å². The van der Waals surface area contributed by atoms with Crippen LogP contribution >= 0.6 is 0 Å². The van der Waals surface area contributed by atoms with Gasteiger partial charge >= 0.3 is 0 Å². The fourth-order valence-corrected chi connectivity index (χ4v) is 2.26. The molecule has 0 bridgehead atoms. The van der Waals surface area contributed by atoms with Gasteiger partial charge in [-0.15, -0.1) is 0 Å². The van der Waals surface area contributed by atoms with Crippen LogP contribution in [-0.2, 0) is 0 Å². The Bertz CT molecular complexity index is 647. The van der Waals surface area contributed by atoms with E-state index in [9.17, 15) is 4.79 Å². The molecule has 1 aromatic carbocycles. The van der Waals surface area contributed by atoms with Gasteiger partial charge < -0.3 is 15.0 Å². The van der Waals surface area contributed by atoms with Crippen LogP contribution in [0.5, 0.6) is 5.75 Å². The van der Waals surface area contributed by atoms with Gasteiger partial charge in [-0.3, -0.25) is 4.79 Å². The first-order valence-electron chi connectivity index (χ1n) is 7.65. The summed E-state index contributed by atoms with van der Waals surface area (Å²) in [4.78, 5) is 14.3.